The Morgan fingerprint density at radius 1 is 0.939 bits per heavy atom. The molecule has 4 nitrogen and oxygen atoms in total. The molecule has 1 heterocycles. The third-order valence-corrected chi connectivity index (χ3v) is 6.59. The Balaban J connectivity index is 1.86. The third kappa shape index (κ3) is 7.21. The van der Waals surface area contributed by atoms with E-state index >= 15 is 0 Å². The van der Waals surface area contributed by atoms with Gasteiger partial charge in [-0.15, -0.1) is 0 Å². The van der Waals surface area contributed by atoms with Crippen LogP contribution in [0.4, 0.5) is 5.82 Å². The number of nitrogens with zero attached hydrogens (tertiary/aromatic N) is 3. The lowest BCUT2D eigenvalue weighted by molar-refractivity contribution is 0.295. The van der Waals surface area contributed by atoms with Gasteiger partial charge in [0.05, 0.1) is 15.6 Å². The largest absolute Gasteiger partial charge is 0.367 e. The van der Waals surface area contributed by atoms with E-state index in [1.165, 1.54) is 0 Å². The van der Waals surface area contributed by atoms with Crippen LogP contribution in [0.3, 0.4) is 0 Å². The van der Waals surface area contributed by atoms with Crippen LogP contribution in [-0.4, -0.2) is 40.5 Å². The Kier molecular flexibility index (Phi) is 9.66. The first-order chi connectivity index (χ1) is 15.8. The smallest absolute Gasteiger partial charge is 0.154 e. The lowest BCUT2D eigenvalue weighted by Crippen LogP contribution is -2.25. The van der Waals surface area contributed by atoms with E-state index in [-0.39, 0.29) is 6.04 Å². The van der Waals surface area contributed by atoms with Crippen LogP contribution in [0.5, 0.6) is 0 Å². The highest BCUT2D eigenvalue weighted by Gasteiger charge is 2.12. The Hall–Kier alpha value is -1.56. The second-order valence-corrected chi connectivity index (χ2v) is 9.61. The molecule has 1 N–H and O–H groups in total. The summed E-state index contributed by atoms with van der Waals surface area (Å²) in [5.41, 5.74) is 1.43. The number of halogens is 4. The number of nitrogens with one attached hydrogen (secondary N) is 1. The first kappa shape index (κ1) is 26.1. The highest BCUT2D eigenvalue weighted by molar-refractivity contribution is 6.40. The van der Waals surface area contributed by atoms with Gasteiger partial charge in [-0.25, -0.2) is 9.97 Å². The van der Waals surface area contributed by atoms with Crippen LogP contribution in [0, 0.1) is 0 Å². The molecule has 0 aliphatic carbocycles. The molecule has 3 rings (SSSR count). The van der Waals surface area contributed by atoms with Crippen LogP contribution in [0.1, 0.15) is 45.0 Å². The van der Waals surface area contributed by atoms with Gasteiger partial charge in [-0.1, -0.05) is 60.3 Å². The van der Waals surface area contributed by atoms with Crippen LogP contribution >= 0.6 is 46.4 Å². The van der Waals surface area contributed by atoms with Crippen molar-refractivity contribution < 1.29 is 0 Å². The number of rotatable bonds is 10. The van der Waals surface area contributed by atoms with Crippen LogP contribution in [0.15, 0.2) is 30.3 Å². The number of aromatic nitrogens is 2. The molecule has 0 saturated carbocycles. The summed E-state index contributed by atoms with van der Waals surface area (Å²) in [6.45, 7) is 9.82. The van der Waals surface area contributed by atoms with Crippen molar-refractivity contribution in [3.05, 3.63) is 61.8 Å². The fraction of sp³-hybridized carbons (Fsp3) is 0.360. The van der Waals surface area contributed by atoms with Crippen molar-refractivity contribution in [3.63, 3.8) is 0 Å². The SMILES string of the molecule is CCN(CC)CCCC(C)Nc1nc(/C=C/c2c(Cl)cc(Cl)cc2Cl)nc2cc(Cl)ccc12. The molecule has 0 spiro atoms. The maximum absolute atomic E-state index is 6.31. The molecule has 0 saturated heterocycles. The average Bonchev–Trinajstić information content (AvgIpc) is 2.75. The minimum atomic E-state index is 0.256. The van der Waals surface area contributed by atoms with Crippen molar-refractivity contribution in [1.82, 2.24) is 14.9 Å². The summed E-state index contributed by atoms with van der Waals surface area (Å²) >= 11 is 24.9. The van der Waals surface area contributed by atoms with Crippen molar-refractivity contribution in [3.8, 4) is 0 Å². The van der Waals surface area contributed by atoms with Gasteiger partial charge in [0.25, 0.3) is 0 Å². The van der Waals surface area contributed by atoms with Gasteiger partial charge in [0.1, 0.15) is 5.82 Å². The molecule has 0 aliphatic rings. The van der Waals surface area contributed by atoms with Gasteiger partial charge in [-0.05, 0) is 81.9 Å². The van der Waals surface area contributed by atoms with E-state index < -0.39 is 0 Å². The number of anilines is 1. The van der Waals surface area contributed by atoms with Crippen molar-refractivity contribution in [2.45, 2.75) is 39.7 Å². The fourth-order valence-corrected chi connectivity index (χ4v) is 4.75. The summed E-state index contributed by atoms with van der Waals surface area (Å²) in [6.07, 6.45) is 5.74. The molecule has 1 atom stereocenters. The molecular formula is C25H28Cl4N4. The number of benzene rings is 2. The Morgan fingerprint density at radius 3 is 2.30 bits per heavy atom. The highest BCUT2D eigenvalue weighted by atomic mass is 35.5. The molecule has 33 heavy (non-hydrogen) atoms. The average molecular weight is 526 g/mol. The maximum atomic E-state index is 6.31. The van der Waals surface area contributed by atoms with Crippen LogP contribution in [-0.2, 0) is 0 Å². The minimum Gasteiger partial charge on any atom is -0.367 e. The molecular weight excluding hydrogens is 498 g/mol. The molecule has 0 radical (unpaired) electrons. The summed E-state index contributed by atoms with van der Waals surface area (Å²) in [7, 11) is 0. The Morgan fingerprint density at radius 2 is 1.64 bits per heavy atom. The maximum Gasteiger partial charge on any atom is 0.154 e. The molecule has 2 aromatic carbocycles. The molecule has 0 aliphatic heterocycles. The number of fused-ring (bicyclic) bond motifs is 1. The van der Waals surface area contributed by atoms with Crippen LogP contribution < -0.4 is 5.32 Å². The van der Waals surface area contributed by atoms with E-state index in [4.69, 9.17) is 51.4 Å². The van der Waals surface area contributed by atoms with Crippen molar-refractivity contribution >= 4 is 75.3 Å². The standard InChI is InChI=1S/C25H28Cl4N4/c1-4-33(5-2)12-6-7-16(3)30-25-20-9-8-17(26)15-23(20)31-24(32-25)11-10-19-21(28)13-18(27)14-22(19)29/h8-11,13-16H,4-7,12H2,1-3H3,(H,30,31,32)/b11-10+. The van der Waals surface area contributed by atoms with E-state index in [2.05, 4.69) is 36.0 Å². The zero-order valence-electron chi connectivity index (χ0n) is 19.0. The number of hydrogen-bond donors (Lipinski definition) is 1. The van der Waals surface area contributed by atoms with Gasteiger partial charge in [0.2, 0.25) is 0 Å². The highest BCUT2D eigenvalue weighted by Crippen LogP contribution is 2.31. The van der Waals surface area contributed by atoms with Crippen LogP contribution in [0.2, 0.25) is 20.1 Å². The summed E-state index contributed by atoms with van der Waals surface area (Å²) in [5, 5.41) is 6.53. The van der Waals surface area contributed by atoms with Crippen LogP contribution in [0.25, 0.3) is 23.1 Å². The predicted molar refractivity (Wildman–Crippen MR) is 145 cm³/mol. The van der Waals surface area contributed by atoms with Gasteiger partial charge in [0, 0.05) is 27.0 Å². The lowest BCUT2D eigenvalue weighted by Gasteiger charge is -2.20. The Bertz CT molecular complexity index is 1110. The minimum absolute atomic E-state index is 0.256. The second kappa shape index (κ2) is 12.2. The second-order valence-electron chi connectivity index (χ2n) is 7.92. The molecule has 0 bridgehead atoms. The molecule has 3 aromatic rings. The predicted octanol–water partition coefficient (Wildman–Crippen LogP) is 8.34. The van der Waals surface area contributed by atoms with E-state index in [0.29, 0.717) is 31.5 Å². The van der Waals surface area contributed by atoms with E-state index in [0.717, 1.165) is 49.2 Å². The van der Waals surface area contributed by atoms with Crippen molar-refractivity contribution in [2.24, 2.45) is 0 Å². The Labute approximate surface area is 215 Å². The summed E-state index contributed by atoms with van der Waals surface area (Å²) in [4.78, 5) is 11.9. The summed E-state index contributed by atoms with van der Waals surface area (Å²) < 4.78 is 0. The summed E-state index contributed by atoms with van der Waals surface area (Å²) in [6, 6.07) is 9.21. The summed E-state index contributed by atoms with van der Waals surface area (Å²) in [5.74, 6) is 1.31. The molecule has 176 valence electrons. The van der Waals surface area contributed by atoms with Crippen molar-refractivity contribution in [1.29, 1.82) is 0 Å². The zero-order valence-corrected chi connectivity index (χ0v) is 22.0. The van der Waals surface area contributed by atoms with Gasteiger partial charge in [-0.2, -0.15) is 0 Å². The number of hydrogen-bond acceptors (Lipinski definition) is 4. The van der Waals surface area contributed by atoms with E-state index in [1.807, 2.05) is 18.2 Å². The van der Waals surface area contributed by atoms with E-state index in [1.54, 1.807) is 24.3 Å². The quantitative estimate of drug-likeness (QED) is 0.288. The molecule has 0 amide bonds. The van der Waals surface area contributed by atoms with Gasteiger partial charge in [0.15, 0.2) is 5.82 Å². The van der Waals surface area contributed by atoms with Crippen molar-refractivity contribution in [2.75, 3.05) is 25.0 Å². The van der Waals surface area contributed by atoms with Gasteiger partial charge < -0.3 is 10.2 Å². The first-order valence-corrected chi connectivity index (χ1v) is 12.6. The van der Waals surface area contributed by atoms with Gasteiger partial charge in [-0.3, -0.25) is 0 Å². The lowest BCUT2D eigenvalue weighted by atomic mass is 10.1. The molecule has 1 unspecified atom stereocenters. The topological polar surface area (TPSA) is 41.0 Å². The van der Waals surface area contributed by atoms with E-state index in [9.17, 15) is 0 Å². The fourth-order valence-electron chi connectivity index (χ4n) is 3.64. The molecule has 1 aromatic heterocycles. The molecule has 0 fully saturated rings. The first-order valence-electron chi connectivity index (χ1n) is 11.1. The monoisotopic (exact) mass is 524 g/mol. The molecule has 8 heteroatoms. The normalized spacial score (nSPS) is 12.7. The van der Waals surface area contributed by atoms with Gasteiger partial charge >= 0.3 is 0 Å². The third-order valence-electron chi connectivity index (χ3n) is 5.51. The zero-order chi connectivity index (χ0) is 24.0.